The maximum absolute atomic E-state index is 12.6. The second-order valence-corrected chi connectivity index (χ2v) is 8.48. The van der Waals surface area contributed by atoms with Crippen molar-refractivity contribution in [2.75, 3.05) is 5.32 Å². The molecule has 3 atom stereocenters. The van der Waals surface area contributed by atoms with Gasteiger partial charge in [0.1, 0.15) is 6.33 Å². The maximum atomic E-state index is 12.6. The number of carbonyl (C=O) groups is 1. The number of anilines is 1. The highest BCUT2D eigenvalue weighted by molar-refractivity contribution is 7.99. The molecule has 0 spiro atoms. The van der Waals surface area contributed by atoms with E-state index in [0.717, 1.165) is 22.2 Å². The second kappa shape index (κ2) is 8.82. The van der Waals surface area contributed by atoms with Gasteiger partial charge in [-0.3, -0.25) is 4.79 Å². The molecule has 2 aromatic rings. The summed E-state index contributed by atoms with van der Waals surface area (Å²) in [5.41, 5.74) is 0.721. The lowest BCUT2D eigenvalue weighted by Crippen LogP contribution is -2.39. The molecule has 1 aromatic carbocycles. The number of carbonyl (C=O) groups excluding carboxylic acids is 1. The van der Waals surface area contributed by atoms with Crippen LogP contribution < -0.4 is 10.6 Å². The Morgan fingerprint density at radius 3 is 2.89 bits per heavy atom. The van der Waals surface area contributed by atoms with Crippen LogP contribution in [-0.4, -0.2) is 32.8 Å². The monoisotopic (exact) mass is 427 g/mol. The van der Waals surface area contributed by atoms with Crippen molar-refractivity contribution in [3.63, 3.8) is 0 Å². The van der Waals surface area contributed by atoms with E-state index in [4.69, 9.17) is 11.6 Å². The smallest absolute Gasteiger partial charge is 0.241 e. The molecule has 1 saturated carbocycles. The number of nitrogens with one attached hydrogen (secondary N) is 2. The highest BCUT2D eigenvalue weighted by Crippen LogP contribution is 2.35. The third-order valence-electron chi connectivity index (χ3n) is 5.25. The van der Waals surface area contributed by atoms with Crippen molar-refractivity contribution >= 4 is 47.4 Å². The summed E-state index contributed by atoms with van der Waals surface area (Å²) < 4.78 is 1.84. The predicted octanol–water partition coefficient (Wildman–Crippen LogP) is 3.90. The van der Waals surface area contributed by atoms with Crippen LogP contribution in [0.4, 0.5) is 5.69 Å². The third-order valence-corrected chi connectivity index (χ3v) is 6.80. The van der Waals surface area contributed by atoms with Crippen molar-refractivity contribution in [1.82, 2.24) is 20.1 Å². The first-order valence-corrected chi connectivity index (χ1v) is 10.2. The summed E-state index contributed by atoms with van der Waals surface area (Å²) in [7, 11) is 1.89. The number of benzene rings is 1. The van der Waals surface area contributed by atoms with Crippen molar-refractivity contribution in [1.29, 1.82) is 0 Å². The Kier molecular flexibility index (Phi) is 6.68. The van der Waals surface area contributed by atoms with E-state index in [0.29, 0.717) is 17.0 Å². The van der Waals surface area contributed by atoms with Gasteiger partial charge in [-0.15, -0.1) is 22.6 Å². The SMILES string of the molecule is Cl.Cn1cnnc1Sc1ccc(NC(=O)C2CC3CCCCC3N2)cc1Cl. The van der Waals surface area contributed by atoms with Gasteiger partial charge in [-0.1, -0.05) is 24.4 Å². The zero-order valence-corrected chi connectivity index (χ0v) is 17.4. The van der Waals surface area contributed by atoms with Gasteiger partial charge in [-0.25, -0.2) is 0 Å². The van der Waals surface area contributed by atoms with Crippen molar-refractivity contribution in [2.45, 2.75) is 54.2 Å². The van der Waals surface area contributed by atoms with Gasteiger partial charge in [0, 0.05) is 23.7 Å². The van der Waals surface area contributed by atoms with Gasteiger partial charge in [0.05, 0.1) is 11.1 Å². The van der Waals surface area contributed by atoms with Crippen LogP contribution >= 0.6 is 35.8 Å². The Morgan fingerprint density at radius 2 is 2.19 bits per heavy atom. The average molecular weight is 428 g/mol. The molecule has 1 aliphatic heterocycles. The summed E-state index contributed by atoms with van der Waals surface area (Å²) in [5, 5.41) is 15.8. The minimum absolute atomic E-state index is 0. The normalized spacial score (nSPS) is 24.1. The van der Waals surface area contributed by atoms with Gasteiger partial charge in [0.25, 0.3) is 0 Å². The molecule has 1 saturated heterocycles. The van der Waals surface area contributed by atoms with Crippen molar-refractivity contribution in [3.05, 3.63) is 29.5 Å². The van der Waals surface area contributed by atoms with Crippen LogP contribution in [0.5, 0.6) is 0 Å². The summed E-state index contributed by atoms with van der Waals surface area (Å²) in [6, 6.07) is 5.98. The standard InChI is InChI=1S/C18H22ClN5OS.ClH/c1-24-10-20-23-18(24)26-16-7-6-12(9-13(16)19)21-17(25)15-8-11-4-2-3-5-14(11)22-15;/h6-7,9-11,14-15,22H,2-5,8H2,1H3,(H,21,25);1H. The highest BCUT2D eigenvalue weighted by atomic mass is 35.5. The Morgan fingerprint density at radius 1 is 1.37 bits per heavy atom. The number of aromatic nitrogens is 3. The fourth-order valence-corrected chi connectivity index (χ4v) is 4.94. The molecule has 2 heterocycles. The molecular weight excluding hydrogens is 405 g/mol. The van der Waals surface area contributed by atoms with Crippen molar-refractivity contribution in [3.8, 4) is 0 Å². The number of halogens is 2. The van der Waals surface area contributed by atoms with E-state index in [1.165, 1.54) is 37.4 Å². The molecule has 2 fully saturated rings. The molecule has 146 valence electrons. The van der Waals surface area contributed by atoms with Crippen LogP contribution in [0.1, 0.15) is 32.1 Å². The van der Waals surface area contributed by atoms with Gasteiger partial charge in [0.2, 0.25) is 5.91 Å². The average Bonchev–Trinajstić information content (AvgIpc) is 3.23. The molecule has 3 unspecified atom stereocenters. The van der Waals surface area contributed by atoms with Crippen LogP contribution in [-0.2, 0) is 11.8 Å². The molecule has 6 nitrogen and oxygen atoms in total. The van der Waals surface area contributed by atoms with Gasteiger partial charge in [0.15, 0.2) is 5.16 Å². The van der Waals surface area contributed by atoms with Crippen LogP contribution in [0.25, 0.3) is 0 Å². The Labute approximate surface area is 174 Å². The zero-order valence-electron chi connectivity index (χ0n) is 15.0. The molecule has 1 aromatic heterocycles. The minimum Gasteiger partial charge on any atom is -0.325 e. The maximum Gasteiger partial charge on any atom is 0.241 e. The molecule has 2 aliphatic rings. The Hall–Kier alpha value is -1.28. The summed E-state index contributed by atoms with van der Waals surface area (Å²) >= 11 is 7.84. The molecular formula is C18H23Cl2N5OS. The molecule has 9 heteroatoms. The fourth-order valence-electron chi connectivity index (χ4n) is 3.88. The lowest BCUT2D eigenvalue weighted by atomic mass is 9.85. The molecule has 0 radical (unpaired) electrons. The molecule has 1 aliphatic carbocycles. The molecule has 1 amide bonds. The number of hydrogen-bond donors (Lipinski definition) is 2. The Bertz CT molecular complexity index is 801. The fraction of sp³-hybridized carbons (Fsp3) is 0.500. The van der Waals surface area contributed by atoms with E-state index in [9.17, 15) is 4.79 Å². The van der Waals surface area contributed by atoms with E-state index in [-0.39, 0.29) is 24.4 Å². The first kappa shape index (κ1) is 20.5. The molecule has 4 rings (SSSR count). The zero-order chi connectivity index (χ0) is 18.1. The van der Waals surface area contributed by atoms with E-state index < -0.39 is 0 Å². The molecule has 2 N–H and O–H groups in total. The van der Waals surface area contributed by atoms with Crippen molar-refractivity contribution in [2.24, 2.45) is 13.0 Å². The summed E-state index contributed by atoms with van der Waals surface area (Å²) in [5.74, 6) is 0.678. The first-order valence-electron chi connectivity index (χ1n) is 8.98. The highest BCUT2D eigenvalue weighted by Gasteiger charge is 2.38. The van der Waals surface area contributed by atoms with Crippen LogP contribution in [0.2, 0.25) is 5.02 Å². The number of hydrogen-bond acceptors (Lipinski definition) is 5. The topological polar surface area (TPSA) is 71.8 Å². The van der Waals surface area contributed by atoms with E-state index in [1.807, 2.05) is 23.7 Å². The summed E-state index contributed by atoms with van der Waals surface area (Å²) in [6.07, 6.45) is 7.57. The summed E-state index contributed by atoms with van der Waals surface area (Å²) in [4.78, 5) is 13.5. The number of aryl methyl sites for hydroxylation is 1. The number of nitrogens with zero attached hydrogens (tertiary/aromatic N) is 3. The third kappa shape index (κ3) is 4.59. The number of fused-ring (bicyclic) bond motifs is 1. The minimum atomic E-state index is -0.102. The first-order chi connectivity index (χ1) is 12.6. The predicted molar refractivity (Wildman–Crippen MR) is 110 cm³/mol. The van der Waals surface area contributed by atoms with Crippen LogP contribution in [0.3, 0.4) is 0 Å². The summed E-state index contributed by atoms with van der Waals surface area (Å²) in [6.45, 7) is 0. The van der Waals surface area contributed by atoms with E-state index >= 15 is 0 Å². The number of rotatable bonds is 4. The van der Waals surface area contributed by atoms with Gasteiger partial charge >= 0.3 is 0 Å². The largest absolute Gasteiger partial charge is 0.325 e. The van der Waals surface area contributed by atoms with Crippen molar-refractivity contribution < 1.29 is 4.79 Å². The lowest BCUT2D eigenvalue weighted by molar-refractivity contribution is -0.117. The van der Waals surface area contributed by atoms with Gasteiger partial charge in [-0.05, 0) is 55.1 Å². The van der Waals surface area contributed by atoms with E-state index in [2.05, 4.69) is 20.8 Å². The second-order valence-electron chi connectivity index (χ2n) is 7.07. The quantitative estimate of drug-likeness (QED) is 0.773. The molecule has 0 bridgehead atoms. The van der Waals surface area contributed by atoms with Gasteiger partial charge < -0.3 is 15.2 Å². The van der Waals surface area contributed by atoms with Crippen LogP contribution in [0, 0.1) is 5.92 Å². The Balaban J connectivity index is 0.00000210. The van der Waals surface area contributed by atoms with E-state index in [1.54, 1.807) is 12.4 Å². The van der Waals surface area contributed by atoms with Gasteiger partial charge in [-0.2, -0.15) is 0 Å². The number of amides is 1. The van der Waals surface area contributed by atoms with Crippen LogP contribution in [0.15, 0.2) is 34.6 Å². The molecule has 27 heavy (non-hydrogen) atoms. The lowest BCUT2D eigenvalue weighted by Gasteiger charge is -2.24.